The Morgan fingerprint density at radius 3 is 2.25 bits per heavy atom. The predicted molar refractivity (Wildman–Crippen MR) is 153 cm³/mol. The van der Waals surface area contributed by atoms with Crippen LogP contribution in [0.2, 0.25) is 5.02 Å². The van der Waals surface area contributed by atoms with E-state index in [2.05, 4.69) is 25.1 Å². The topological polar surface area (TPSA) is 131 Å². The van der Waals surface area contributed by atoms with Crippen LogP contribution >= 0.6 is 11.6 Å². The highest BCUT2D eigenvalue weighted by molar-refractivity contribution is 7.91. The Bertz CT molecular complexity index is 1520. The molecule has 0 aliphatic rings. The molecule has 0 unspecified atom stereocenters. The zero-order chi connectivity index (χ0) is 28.2. The average Bonchev–Trinajstić information content (AvgIpc) is 3.33. The normalized spacial score (nSPS) is 12.8. The highest BCUT2D eigenvalue weighted by atomic mass is 35.5. The van der Waals surface area contributed by atoms with E-state index in [1.165, 1.54) is 26.6 Å². The van der Waals surface area contributed by atoms with Crippen LogP contribution in [0.1, 0.15) is 44.6 Å². The molecule has 0 N–H and O–H groups in total. The Hall–Kier alpha value is -3.61. The lowest BCUT2D eigenvalue weighted by Crippen LogP contribution is -2.30. The van der Waals surface area contributed by atoms with E-state index >= 15 is 0 Å². The number of para-hydroxylation sites is 1. The van der Waals surface area contributed by atoms with Crippen molar-refractivity contribution < 1.29 is 22.6 Å². The molecular weight excluding hydrogens is 556 g/mol. The van der Waals surface area contributed by atoms with Crippen molar-refractivity contribution in [2.45, 2.75) is 45.3 Å². The van der Waals surface area contributed by atoms with Crippen LogP contribution < -0.4 is 9.47 Å². The summed E-state index contributed by atoms with van der Waals surface area (Å²) in [4.78, 5) is 12.7. The summed E-state index contributed by atoms with van der Waals surface area (Å²) in [5, 5.41) is 8.00. The maximum atomic E-state index is 13.8. The summed E-state index contributed by atoms with van der Waals surface area (Å²) in [5.74, 6) is 1.20. The lowest BCUT2D eigenvalue weighted by Gasteiger charge is -2.23. The summed E-state index contributed by atoms with van der Waals surface area (Å²) < 4.78 is 46.3. The van der Waals surface area contributed by atoms with Gasteiger partial charge in [-0.3, -0.25) is 9.55 Å². The number of methoxy groups -OCH3 is 2. The average molecular weight is 589 g/mol. The van der Waals surface area contributed by atoms with E-state index in [1.54, 1.807) is 49.0 Å². The first-order chi connectivity index (χ1) is 18.7. The van der Waals surface area contributed by atoms with Crippen LogP contribution in [0.25, 0.3) is 17.1 Å². The number of hydrogen-bond donors (Lipinski definition) is 0. The van der Waals surface area contributed by atoms with Gasteiger partial charge < -0.3 is 14.2 Å². The molecule has 2 atom stereocenters. The first-order valence-electron chi connectivity index (χ1n) is 12.1. The van der Waals surface area contributed by atoms with Crippen molar-refractivity contribution in [3.05, 3.63) is 71.3 Å². The standard InChI is InChI=1S/C26H29ClN6O5S.CH4/c1-6-38-24(25-29-13-19(27)14-30-25)17(3)39(34,35)15-22-31-32-26(18-10-16(2)11-28-12-18)33(22)23-20(36-4)8-7-9-21(23)37-5;/h7-14,17,24H,6,15H2,1-5H3;1H4/t17-,24-;/m0./s1. The molecule has 1 aromatic carbocycles. The highest BCUT2D eigenvalue weighted by Gasteiger charge is 2.35. The van der Waals surface area contributed by atoms with E-state index in [1.807, 2.05) is 13.0 Å². The number of aromatic nitrogens is 6. The molecule has 3 aromatic heterocycles. The van der Waals surface area contributed by atoms with E-state index < -0.39 is 26.9 Å². The molecular formula is C27H33ClN6O5S. The van der Waals surface area contributed by atoms with Gasteiger partial charge in [-0.1, -0.05) is 25.1 Å². The van der Waals surface area contributed by atoms with Gasteiger partial charge in [0.25, 0.3) is 0 Å². The fourth-order valence-corrected chi connectivity index (χ4v) is 5.61. The van der Waals surface area contributed by atoms with Gasteiger partial charge in [0.05, 0.1) is 24.5 Å². The number of hydrogen-bond acceptors (Lipinski definition) is 10. The van der Waals surface area contributed by atoms with Crippen LogP contribution in [0.4, 0.5) is 0 Å². The second-order valence-electron chi connectivity index (χ2n) is 8.69. The first kappa shape index (κ1) is 30.9. The molecule has 0 saturated heterocycles. The summed E-state index contributed by atoms with van der Waals surface area (Å²) in [6.45, 7) is 5.49. The summed E-state index contributed by atoms with van der Waals surface area (Å²) in [6, 6.07) is 7.16. The van der Waals surface area contributed by atoms with Gasteiger partial charge in [0.2, 0.25) is 0 Å². The molecule has 40 heavy (non-hydrogen) atoms. The quantitative estimate of drug-likeness (QED) is 0.240. The van der Waals surface area contributed by atoms with Crippen molar-refractivity contribution in [2.24, 2.45) is 0 Å². The third kappa shape index (κ3) is 6.40. The lowest BCUT2D eigenvalue weighted by molar-refractivity contribution is 0.0556. The number of pyridine rings is 1. The molecule has 0 amide bonds. The SMILES string of the molecule is C.CCO[C@H](c1ncc(Cl)cn1)[C@H](C)S(=O)(=O)Cc1nnc(-c2cncc(C)c2)n1-c1c(OC)cccc1OC. The molecule has 0 spiro atoms. The van der Waals surface area contributed by atoms with Gasteiger partial charge in [0.1, 0.15) is 29.0 Å². The summed E-state index contributed by atoms with van der Waals surface area (Å²) in [7, 11) is -0.855. The molecule has 214 valence electrons. The van der Waals surface area contributed by atoms with E-state index in [0.717, 1.165) is 5.56 Å². The number of benzene rings is 1. The van der Waals surface area contributed by atoms with Crippen LogP contribution in [0.15, 0.2) is 49.1 Å². The zero-order valence-electron chi connectivity index (χ0n) is 22.2. The van der Waals surface area contributed by atoms with Crippen molar-refractivity contribution in [3.8, 4) is 28.6 Å². The Kier molecular flexibility index (Phi) is 10.2. The van der Waals surface area contributed by atoms with Crippen molar-refractivity contribution in [1.29, 1.82) is 0 Å². The van der Waals surface area contributed by atoms with Crippen molar-refractivity contribution in [1.82, 2.24) is 29.7 Å². The molecule has 0 bridgehead atoms. The van der Waals surface area contributed by atoms with Gasteiger partial charge in [-0.05, 0) is 44.5 Å². The monoisotopic (exact) mass is 588 g/mol. The second-order valence-corrected chi connectivity index (χ2v) is 11.5. The minimum absolute atomic E-state index is 0. The van der Waals surface area contributed by atoms with Crippen LogP contribution in [0, 0.1) is 6.92 Å². The van der Waals surface area contributed by atoms with E-state index in [0.29, 0.717) is 33.6 Å². The molecule has 0 fully saturated rings. The Morgan fingerprint density at radius 1 is 1.02 bits per heavy atom. The molecule has 0 radical (unpaired) electrons. The minimum Gasteiger partial charge on any atom is -0.494 e. The molecule has 0 aliphatic heterocycles. The van der Waals surface area contributed by atoms with Crippen LogP contribution in [-0.4, -0.2) is 64.2 Å². The molecule has 4 rings (SSSR count). The largest absolute Gasteiger partial charge is 0.494 e. The van der Waals surface area contributed by atoms with Gasteiger partial charge >= 0.3 is 0 Å². The molecule has 0 aliphatic carbocycles. The summed E-state index contributed by atoms with van der Waals surface area (Å²) >= 11 is 5.93. The van der Waals surface area contributed by atoms with Crippen molar-refractivity contribution in [3.63, 3.8) is 0 Å². The molecule has 0 saturated carbocycles. The highest BCUT2D eigenvalue weighted by Crippen LogP contribution is 2.37. The van der Waals surface area contributed by atoms with Gasteiger partial charge in [0, 0.05) is 37.0 Å². The number of nitrogens with zero attached hydrogens (tertiary/aromatic N) is 6. The molecule has 13 heteroatoms. The predicted octanol–water partition coefficient (Wildman–Crippen LogP) is 4.82. The van der Waals surface area contributed by atoms with Gasteiger partial charge in [-0.15, -0.1) is 10.2 Å². The van der Waals surface area contributed by atoms with Crippen LogP contribution in [-0.2, 0) is 20.3 Å². The fraction of sp³-hybridized carbons (Fsp3) is 0.370. The fourth-order valence-electron chi connectivity index (χ4n) is 4.13. The van der Waals surface area contributed by atoms with Gasteiger partial charge in [-0.2, -0.15) is 0 Å². The van der Waals surface area contributed by atoms with Gasteiger partial charge in [0.15, 0.2) is 27.3 Å². The summed E-state index contributed by atoms with van der Waals surface area (Å²) in [6.07, 6.45) is 5.24. The smallest absolute Gasteiger partial charge is 0.170 e. The summed E-state index contributed by atoms with van der Waals surface area (Å²) in [5.41, 5.74) is 2.01. The maximum absolute atomic E-state index is 13.8. The third-order valence-electron chi connectivity index (χ3n) is 6.05. The molecule has 3 heterocycles. The molecule has 4 aromatic rings. The number of sulfone groups is 1. The number of aryl methyl sites for hydroxylation is 1. The van der Waals surface area contributed by atoms with E-state index in [-0.39, 0.29) is 25.7 Å². The maximum Gasteiger partial charge on any atom is 0.170 e. The van der Waals surface area contributed by atoms with Gasteiger partial charge in [-0.25, -0.2) is 18.4 Å². The number of halogens is 1. The van der Waals surface area contributed by atoms with E-state index in [4.69, 9.17) is 25.8 Å². The first-order valence-corrected chi connectivity index (χ1v) is 14.2. The van der Waals surface area contributed by atoms with Crippen LogP contribution in [0.3, 0.4) is 0 Å². The number of rotatable bonds is 11. The Morgan fingerprint density at radius 2 is 1.68 bits per heavy atom. The minimum atomic E-state index is -3.90. The molecule has 11 nitrogen and oxygen atoms in total. The lowest BCUT2D eigenvalue weighted by atomic mass is 10.2. The Balaban J connectivity index is 0.00000441. The van der Waals surface area contributed by atoms with Crippen molar-refractivity contribution >= 4 is 21.4 Å². The van der Waals surface area contributed by atoms with Crippen molar-refractivity contribution in [2.75, 3.05) is 20.8 Å². The Labute approximate surface area is 239 Å². The van der Waals surface area contributed by atoms with Crippen LogP contribution in [0.5, 0.6) is 11.5 Å². The second kappa shape index (κ2) is 13.2. The zero-order valence-corrected chi connectivity index (χ0v) is 23.8. The number of ether oxygens (including phenoxy) is 3. The van der Waals surface area contributed by atoms with E-state index in [9.17, 15) is 8.42 Å². The third-order valence-corrected chi connectivity index (χ3v) is 8.29.